The Hall–Kier alpha value is -2.34. The van der Waals surface area contributed by atoms with E-state index in [1.165, 1.54) is 12.1 Å². The van der Waals surface area contributed by atoms with Gasteiger partial charge < -0.3 is 10.1 Å². The highest BCUT2D eigenvalue weighted by Gasteiger charge is 2.18. The molecule has 0 heterocycles. The van der Waals surface area contributed by atoms with Crippen molar-refractivity contribution in [1.29, 1.82) is 0 Å². The minimum absolute atomic E-state index is 0.157. The molecule has 26 heavy (non-hydrogen) atoms. The molecule has 2 aromatic carbocycles. The van der Waals surface area contributed by atoms with E-state index in [1.807, 2.05) is 25.1 Å². The SMILES string of the molecule is Cc1ccc(C(C)C)c(OC(C)C(=O)Nc2cccc(S(C)(=O)=O)c2)c1. The highest BCUT2D eigenvalue weighted by atomic mass is 32.2. The van der Waals surface area contributed by atoms with E-state index in [9.17, 15) is 13.2 Å². The van der Waals surface area contributed by atoms with Gasteiger partial charge in [0.15, 0.2) is 15.9 Å². The summed E-state index contributed by atoms with van der Waals surface area (Å²) >= 11 is 0. The minimum Gasteiger partial charge on any atom is -0.481 e. The number of hydrogen-bond donors (Lipinski definition) is 1. The number of carbonyl (C=O) groups is 1. The summed E-state index contributed by atoms with van der Waals surface area (Å²) in [6.07, 6.45) is 0.404. The number of rotatable bonds is 6. The molecule has 0 radical (unpaired) electrons. The zero-order chi connectivity index (χ0) is 19.5. The van der Waals surface area contributed by atoms with Crippen LogP contribution in [0, 0.1) is 6.92 Å². The van der Waals surface area contributed by atoms with Crippen LogP contribution in [-0.4, -0.2) is 26.7 Å². The minimum atomic E-state index is -3.33. The number of ether oxygens (including phenoxy) is 1. The van der Waals surface area contributed by atoms with Crippen molar-refractivity contribution in [2.45, 2.75) is 44.6 Å². The molecular formula is C20H25NO4S. The Balaban J connectivity index is 2.15. The maximum absolute atomic E-state index is 12.5. The van der Waals surface area contributed by atoms with Crippen molar-refractivity contribution in [3.05, 3.63) is 53.6 Å². The molecule has 0 aromatic heterocycles. The molecule has 6 heteroatoms. The van der Waals surface area contributed by atoms with Crippen molar-refractivity contribution in [2.24, 2.45) is 0 Å². The molecule has 1 N–H and O–H groups in total. The van der Waals surface area contributed by atoms with Crippen LogP contribution in [0.25, 0.3) is 0 Å². The lowest BCUT2D eigenvalue weighted by Gasteiger charge is -2.19. The average Bonchev–Trinajstić information content (AvgIpc) is 2.54. The second-order valence-corrected chi connectivity index (χ2v) is 8.76. The number of benzene rings is 2. The Labute approximate surface area is 155 Å². The quantitative estimate of drug-likeness (QED) is 0.830. The van der Waals surface area contributed by atoms with Gasteiger partial charge in [-0.15, -0.1) is 0 Å². The molecule has 2 rings (SSSR count). The van der Waals surface area contributed by atoms with Gasteiger partial charge >= 0.3 is 0 Å². The van der Waals surface area contributed by atoms with Gasteiger partial charge in [0.1, 0.15) is 5.75 Å². The summed E-state index contributed by atoms with van der Waals surface area (Å²) < 4.78 is 29.2. The fraction of sp³-hybridized carbons (Fsp3) is 0.350. The van der Waals surface area contributed by atoms with Gasteiger partial charge in [0.25, 0.3) is 5.91 Å². The van der Waals surface area contributed by atoms with Crippen molar-refractivity contribution in [2.75, 3.05) is 11.6 Å². The van der Waals surface area contributed by atoms with Crippen molar-refractivity contribution in [3.8, 4) is 5.75 Å². The predicted molar refractivity (Wildman–Crippen MR) is 104 cm³/mol. The highest BCUT2D eigenvalue weighted by molar-refractivity contribution is 7.90. The first kappa shape index (κ1) is 20.0. The molecule has 0 bridgehead atoms. The maximum atomic E-state index is 12.5. The summed E-state index contributed by atoms with van der Waals surface area (Å²) in [5.74, 6) is 0.617. The number of carbonyl (C=O) groups excluding carboxylic acids is 1. The molecule has 2 aromatic rings. The zero-order valence-electron chi connectivity index (χ0n) is 15.7. The summed E-state index contributed by atoms with van der Waals surface area (Å²) in [4.78, 5) is 12.6. The van der Waals surface area contributed by atoms with Crippen molar-refractivity contribution < 1.29 is 17.9 Å². The number of nitrogens with one attached hydrogen (secondary N) is 1. The number of amides is 1. The van der Waals surface area contributed by atoms with E-state index in [-0.39, 0.29) is 16.7 Å². The van der Waals surface area contributed by atoms with Crippen molar-refractivity contribution in [1.82, 2.24) is 0 Å². The third-order valence-corrected chi connectivity index (χ3v) is 5.10. The summed E-state index contributed by atoms with van der Waals surface area (Å²) in [6.45, 7) is 7.78. The summed E-state index contributed by atoms with van der Waals surface area (Å²) in [7, 11) is -3.33. The second kappa shape index (κ2) is 7.91. The van der Waals surface area contributed by atoms with Gasteiger partial charge in [-0.25, -0.2) is 8.42 Å². The van der Waals surface area contributed by atoms with E-state index in [2.05, 4.69) is 19.2 Å². The topological polar surface area (TPSA) is 72.5 Å². The van der Waals surface area contributed by atoms with Crippen molar-refractivity contribution >= 4 is 21.4 Å². The van der Waals surface area contributed by atoms with E-state index < -0.39 is 15.9 Å². The van der Waals surface area contributed by atoms with Gasteiger partial charge in [-0.1, -0.05) is 32.0 Å². The summed E-state index contributed by atoms with van der Waals surface area (Å²) in [6, 6.07) is 12.1. The van der Waals surface area contributed by atoms with Crippen LogP contribution in [0.2, 0.25) is 0 Å². The van der Waals surface area contributed by atoms with Gasteiger partial charge in [-0.3, -0.25) is 4.79 Å². The molecule has 1 unspecified atom stereocenters. The lowest BCUT2D eigenvalue weighted by molar-refractivity contribution is -0.122. The predicted octanol–water partition coefficient (Wildman–Crippen LogP) is 3.93. The van der Waals surface area contributed by atoms with Gasteiger partial charge in [0, 0.05) is 11.9 Å². The van der Waals surface area contributed by atoms with Crippen LogP contribution in [0.4, 0.5) is 5.69 Å². The van der Waals surface area contributed by atoms with Crippen LogP contribution in [0.5, 0.6) is 5.75 Å². The van der Waals surface area contributed by atoms with Gasteiger partial charge in [0.2, 0.25) is 0 Å². The number of hydrogen-bond acceptors (Lipinski definition) is 4. The van der Waals surface area contributed by atoms with E-state index >= 15 is 0 Å². The Bertz CT molecular complexity index is 904. The van der Waals surface area contributed by atoms with Crippen molar-refractivity contribution in [3.63, 3.8) is 0 Å². The molecule has 0 spiro atoms. The van der Waals surface area contributed by atoms with Gasteiger partial charge in [0.05, 0.1) is 4.90 Å². The van der Waals surface area contributed by atoms with Crippen LogP contribution in [0.1, 0.15) is 37.8 Å². The third kappa shape index (κ3) is 5.08. The van der Waals surface area contributed by atoms with E-state index in [4.69, 9.17) is 4.74 Å². The first-order valence-electron chi connectivity index (χ1n) is 8.46. The molecule has 1 amide bonds. The van der Waals surface area contributed by atoms with Crippen LogP contribution < -0.4 is 10.1 Å². The monoisotopic (exact) mass is 375 g/mol. The molecule has 0 saturated carbocycles. The average molecular weight is 375 g/mol. The molecule has 140 valence electrons. The Morgan fingerprint density at radius 2 is 1.77 bits per heavy atom. The maximum Gasteiger partial charge on any atom is 0.265 e. The fourth-order valence-corrected chi connectivity index (χ4v) is 3.18. The van der Waals surface area contributed by atoms with Gasteiger partial charge in [-0.05, 0) is 55.2 Å². The van der Waals surface area contributed by atoms with Crippen LogP contribution in [0.3, 0.4) is 0 Å². The molecular weight excluding hydrogens is 350 g/mol. The second-order valence-electron chi connectivity index (χ2n) is 6.75. The molecule has 0 fully saturated rings. The fourth-order valence-electron chi connectivity index (χ4n) is 2.51. The molecule has 1 atom stereocenters. The Kier molecular flexibility index (Phi) is 6.08. The largest absolute Gasteiger partial charge is 0.481 e. The molecule has 0 aliphatic rings. The number of aryl methyl sites for hydroxylation is 1. The lowest BCUT2D eigenvalue weighted by atomic mass is 10.0. The van der Waals surface area contributed by atoms with Gasteiger partial charge in [-0.2, -0.15) is 0 Å². The summed E-state index contributed by atoms with van der Waals surface area (Å²) in [5, 5.41) is 2.71. The number of sulfone groups is 1. The highest BCUT2D eigenvalue weighted by Crippen LogP contribution is 2.28. The van der Waals surface area contributed by atoms with Crippen LogP contribution in [-0.2, 0) is 14.6 Å². The van der Waals surface area contributed by atoms with Crippen LogP contribution >= 0.6 is 0 Å². The van der Waals surface area contributed by atoms with Crippen LogP contribution in [0.15, 0.2) is 47.4 Å². The molecule has 5 nitrogen and oxygen atoms in total. The summed E-state index contributed by atoms with van der Waals surface area (Å²) in [5.41, 5.74) is 2.51. The number of anilines is 1. The normalized spacial score (nSPS) is 12.7. The first-order chi connectivity index (χ1) is 12.1. The Morgan fingerprint density at radius 3 is 2.38 bits per heavy atom. The van der Waals surface area contributed by atoms with E-state index in [0.29, 0.717) is 11.4 Å². The molecule has 0 aliphatic carbocycles. The molecule has 0 saturated heterocycles. The lowest BCUT2D eigenvalue weighted by Crippen LogP contribution is -2.30. The Morgan fingerprint density at radius 1 is 1.08 bits per heavy atom. The standard InChI is InChI=1S/C20H25NO4S/c1-13(2)18-10-9-14(3)11-19(18)25-15(4)20(22)21-16-7-6-8-17(12-16)26(5,23)24/h6-13,15H,1-5H3,(H,21,22). The zero-order valence-corrected chi connectivity index (χ0v) is 16.6. The van der Waals surface area contributed by atoms with E-state index in [0.717, 1.165) is 17.4 Å². The first-order valence-corrected chi connectivity index (χ1v) is 10.3. The smallest absolute Gasteiger partial charge is 0.265 e. The van der Waals surface area contributed by atoms with E-state index in [1.54, 1.807) is 19.1 Å². The third-order valence-electron chi connectivity index (χ3n) is 3.99. The molecule has 0 aliphatic heterocycles.